The van der Waals surface area contributed by atoms with Crippen LogP contribution in [0.2, 0.25) is 0 Å². The van der Waals surface area contributed by atoms with Crippen LogP contribution in [0.4, 0.5) is 0 Å². The van der Waals surface area contributed by atoms with E-state index in [-0.39, 0.29) is 24.0 Å². The molecule has 0 saturated carbocycles. The predicted molar refractivity (Wildman–Crippen MR) is 123 cm³/mol. The van der Waals surface area contributed by atoms with E-state index >= 15 is 0 Å². The Hall–Kier alpha value is -0.860. The molecule has 1 aromatic rings. The van der Waals surface area contributed by atoms with Gasteiger partial charge in [0, 0.05) is 39.8 Å². The summed E-state index contributed by atoms with van der Waals surface area (Å²) in [7, 11) is 1.89. The lowest BCUT2D eigenvalue weighted by Gasteiger charge is -2.36. The maximum absolute atomic E-state index is 5.57. The third kappa shape index (κ3) is 6.06. The highest BCUT2D eigenvalue weighted by molar-refractivity contribution is 14.0. The van der Waals surface area contributed by atoms with Crippen LogP contribution < -0.4 is 5.32 Å². The van der Waals surface area contributed by atoms with Crippen molar-refractivity contribution >= 4 is 29.9 Å². The van der Waals surface area contributed by atoms with Crippen LogP contribution in [0.5, 0.6) is 0 Å². The third-order valence-electron chi connectivity index (χ3n) is 5.56. The van der Waals surface area contributed by atoms with Crippen LogP contribution in [-0.2, 0) is 4.74 Å². The van der Waals surface area contributed by atoms with E-state index in [4.69, 9.17) is 4.74 Å². The van der Waals surface area contributed by atoms with Gasteiger partial charge in [-0.2, -0.15) is 0 Å². The summed E-state index contributed by atoms with van der Waals surface area (Å²) in [6.07, 6.45) is 1.22. The Labute approximate surface area is 181 Å². The number of likely N-dealkylation sites (tertiary alicyclic amines) is 1. The normalized spacial score (nSPS) is 21.6. The standard InChI is InChI=1S/C21H34N4O.HI/c1-17-6-5-7-18(14-17)19(24-10-12-26-13-11-24)15-23-20(22-4)25-9-8-21(2,3)16-25;/h5-7,14,19H,8-13,15-16H2,1-4H3,(H,22,23);1H. The first kappa shape index (κ1) is 22.4. The van der Waals surface area contributed by atoms with E-state index < -0.39 is 0 Å². The number of benzene rings is 1. The molecular formula is C21H35IN4O. The summed E-state index contributed by atoms with van der Waals surface area (Å²) >= 11 is 0. The van der Waals surface area contributed by atoms with Crippen molar-refractivity contribution in [2.24, 2.45) is 10.4 Å². The van der Waals surface area contributed by atoms with Gasteiger partial charge in [0.2, 0.25) is 0 Å². The molecule has 2 fully saturated rings. The van der Waals surface area contributed by atoms with Crippen molar-refractivity contribution in [2.75, 3.05) is 53.0 Å². The van der Waals surface area contributed by atoms with Crippen LogP contribution in [0.25, 0.3) is 0 Å². The molecule has 3 rings (SSSR count). The van der Waals surface area contributed by atoms with E-state index in [1.807, 2.05) is 7.05 Å². The highest BCUT2D eigenvalue weighted by atomic mass is 127. The predicted octanol–water partition coefficient (Wildman–Crippen LogP) is 3.29. The molecular weight excluding hydrogens is 451 g/mol. The SMILES string of the molecule is CN=C(NCC(c1cccc(C)c1)N1CCOCC1)N1CCC(C)(C)C1.I. The number of aryl methyl sites for hydroxylation is 1. The number of nitrogens with one attached hydrogen (secondary N) is 1. The lowest BCUT2D eigenvalue weighted by molar-refractivity contribution is 0.0169. The molecule has 2 aliphatic rings. The van der Waals surface area contributed by atoms with Gasteiger partial charge in [0.1, 0.15) is 0 Å². The Bertz CT molecular complexity index is 628. The fourth-order valence-electron chi connectivity index (χ4n) is 4.04. The Morgan fingerprint density at radius 3 is 2.59 bits per heavy atom. The summed E-state index contributed by atoms with van der Waals surface area (Å²) in [6, 6.07) is 9.22. The molecule has 6 heteroatoms. The number of guanidine groups is 1. The fraction of sp³-hybridized carbons (Fsp3) is 0.667. The van der Waals surface area contributed by atoms with E-state index in [0.29, 0.717) is 11.5 Å². The Balaban J connectivity index is 0.00000261. The van der Waals surface area contributed by atoms with Crippen molar-refractivity contribution in [1.29, 1.82) is 0 Å². The fourth-order valence-corrected chi connectivity index (χ4v) is 4.04. The molecule has 0 bridgehead atoms. The lowest BCUT2D eigenvalue weighted by Crippen LogP contribution is -2.47. The smallest absolute Gasteiger partial charge is 0.193 e. The Morgan fingerprint density at radius 1 is 1.26 bits per heavy atom. The number of hydrogen-bond donors (Lipinski definition) is 1. The van der Waals surface area contributed by atoms with E-state index in [0.717, 1.165) is 51.9 Å². The van der Waals surface area contributed by atoms with E-state index in [2.05, 4.69) is 65.1 Å². The average molecular weight is 486 g/mol. The van der Waals surface area contributed by atoms with Gasteiger partial charge >= 0.3 is 0 Å². The number of hydrogen-bond acceptors (Lipinski definition) is 3. The van der Waals surface area contributed by atoms with Crippen LogP contribution in [-0.4, -0.2) is 68.7 Å². The zero-order valence-corrected chi connectivity index (χ0v) is 19.5. The molecule has 0 radical (unpaired) electrons. The average Bonchev–Trinajstić information content (AvgIpc) is 2.99. The van der Waals surface area contributed by atoms with Crippen molar-refractivity contribution in [3.8, 4) is 0 Å². The summed E-state index contributed by atoms with van der Waals surface area (Å²) in [5.41, 5.74) is 3.06. The van der Waals surface area contributed by atoms with Gasteiger partial charge in [-0.3, -0.25) is 9.89 Å². The first-order valence-electron chi connectivity index (χ1n) is 9.82. The molecule has 5 nitrogen and oxygen atoms in total. The molecule has 1 aromatic carbocycles. The maximum Gasteiger partial charge on any atom is 0.193 e. The number of rotatable bonds is 4. The minimum atomic E-state index is 0. The van der Waals surface area contributed by atoms with E-state index in [1.165, 1.54) is 17.5 Å². The second-order valence-corrected chi connectivity index (χ2v) is 8.34. The van der Waals surface area contributed by atoms with Crippen molar-refractivity contribution in [1.82, 2.24) is 15.1 Å². The number of halogens is 1. The molecule has 0 aromatic heterocycles. The largest absolute Gasteiger partial charge is 0.379 e. The van der Waals surface area contributed by atoms with Crippen LogP contribution in [0.15, 0.2) is 29.3 Å². The number of ether oxygens (including phenoxy) is 1. The van der Waals surface area contributed by atoms with Crippen molar-refractivity contribution in [3.63, 3.8) is 0 Å². The van der Waals surface area contributed by atoms with Gasteiger partial charge in [-0.05, 0) is 24.3 Å². The quantitative estimate of drug-likeness (QED) is 0.403. The highest BCUT2D eigenvalue weighted by Gasteiger charge is 2.31. The zero-order chi connectivity index (χ0) is 18.6. The summed E-state index contributed by atoms with van der Waals surface area (Å²) in [4.78, 5) is 9.48. The molecule has 1 N–H and O–H groups in total. The molecule has 2 saturated heterocycles. The van der Waals surface area contributed by atoms with Crippen LogP contribution in [0, 0.1) is 12.3 Å². The topological polar surface area (TPSA) is 40.1 Å². The highest BCUT2D eigenvalue weighted by Crippen LogP contribution is 2.29. The Kier molecular flexibility index (Phi) is 8.37. The number of nitrogens with zero attached hydrogens (tertiary/aromatic N) is 3. The van der Waals surface area contributed by atoms with Gasteiger partial charge < -0.3 is 15.0 Å². The number of aliphatic imine (C=N–C) groups is 1. The third-order valence-corrected chi connectivity index (χ3v) is 5.56. The molecule has 2 heterocycles. The Morgan fingerprint density at radius 2 is 2.00 bits per heavy atom. The van der Waals surface area contributed by atoms with Crippen molar-refractivity contribution < 1.29 is 4.74 Å². The molecule has 2 aliphatic heterocycles. The second-order valence-electron chi connectivity index (χ2n) is 8.34. The minimum absolute atomic E-state index is 0. The van der Waals surface area contributed by atoms with Gasteiger partial charge in [0.05, 0.1) is 19.3 Å². The molecule has 27 heavy (non-hydrogen) atoms. The molecule has 0 spiro atoms. The minimum Gasteiger partial charge on any atom is -0.379 e. The van der Waals surface area contributed by atoms with Gasteiger partial charge in [0.15, 0.2) is 5.96 Å². The van der Waals surface area contributed by atoms with E-state index in [9.17, 15) is 0 Å². The monoisotopic (exact) mass is 486 g/mol. The summed E-state index contributed by atoms with van der Waals surface area (Å²) in [5.74, 6) is 1.03. The summed E-state index contributed by atoms with van der Waals surface area (Å²) in [6.45, 7) is 13.5. The molecule has 1 atom stereocenters. The van der Waals surface area contributed by atoms with Crippen molar-refractivity contribution in [3.05, 3.63) is 35.4 Å². The van der Waals surface area contributed by atoms with Gasteiger partial charge in [-0.15, -0.1) is 24.0 Å². The van der Waals surface area contributed by atoms with Gasteiger partial charge in [-0.25, -0.2) is 0 Å². The maximum atomic E-state index is 5.57. The summed E-state index contributed by atoms with van der Waals surface area (Å²) < 4.78 is 5.57. The van der Waals surface area contributed by atoms with E-state index in [1.54, 1.807) is 0 Å². The number of morpholine rings is 1. The molecule has 0 aliphatic carbocycles. The molecule has 1 unspecified atom stereocenters. The molecule has 152 valence electrons. The first-order valence-corrected chi connectivity index (χ1v) is 9.82. The van der Waals surface area contributed by atoms with Crippen molar-refractivity contribution in [2.45, 2.75) is 33.2 Å². The first-order chi connectivity index (χ1) is 12.5. The zero-order valence-electron chi connectivity index (χ0n) is 17.2. The molecule has 0 amide bonds. The van der Waals surface area contributed by atoms with Gasteiger partial charge in [-0.1, -0.05) is 43.7 Å². The summed E-state index contributed by atoms with van der Waals surface area (Å²) in [5, 5.41) is 3.66. The lowest BCUT2D eigenvalue weighted by atomic mass is 9.93. The van der Waals surface area contributed by atoms with Crippen LogP contribution >= 0.6 is 24.0 Å². The van der Waals surface area contributed by atoms with Gasteiger partial charge in [0.25, 0.3) is 0 Å². The van der Waals surface area contributed by atoms with Crippen LogP contribution in [0.3, 0.4) is 0 Å². The van der Waals surface area contributed by atoms with Crippen LogP contribution in [0.1, 0.15) is 37.4 Å². The second kappa shape index (κ2) is 10.1.